The highest BCUT2D eigenvalue weighted by Gasteiger charge is 2.17. The van der Waals surface area contributed by atoms with E-state index in [9.17, 15) is 0 Å². The monoisotopic (exact) mass is 228 g/mol. The van der Waals surface area contributed by atoms with Crippen LogP contribution in [0.4, 0.5) is 0 Å². The molecule has 3 rings (SSSR count). The van der Waals surface area contributed by atoms with Gasteiger partial charge in [-0.3, -0.25) is 10.1 Å². The summed E-state index contributed by atoms with van der Waals surface area (Å²) in [6.45, 7) is 2.19. The molecule has 0 aromatic carbocycles. The number of aromatic amines is 1. The predicted molar refractivity (Wildman–Crippen MR) is 66.7 cm³/mol. The smallest absolute Gasteiger partial charge is 0.0939 e. The van der Waals surface area contributed by atoms with Crippen molar-refractivity contribution < 1.29 is 0 Å². The van der Waals surface area contributed by atoms with Crippen molar-refractivity contribution in [2.45, 2.75) is 18.8 Å². The fourth-order valence-corrected chi connectivity index (χ4v) is 2.33. The molecule has 1 fully saturated rings. The molecule has 4 nitrogen and oxygen atoms in total. The largest absolute Gasteiger partial charge is 0.316 e. The first kappa shape index (κ1) is 10.5. The lowest BCUT2D eigenvalue weighted by molar-refractivity contribution is 0.454. The number of hydrogen-bond donors (Lipinski definition) is 2. The van der Waals surface area contributed by atoms with E-state index in [0.717, 1.165) is 24.3 Å². The number of hydrogen-bond acceptors (Lipinski definition) is 3. The number of aromatic nitrogens is 3. The van der Waals surface area contributed by atoms with E-state index in [2.05, 4.69) is 26.6 Å². The molecule has 88 valence electrons. The molecule has 0 saturated carbocycles. The van der Waals surface area contributed by atoms with Crippen molar-refractivity contribution in [2.24, 2.45) is 0 Å². The highest BCUT2D eigenvalue weighted by Crippen LogP contribution is 2.25. The molecule has 1 unspecified atom stereocenters. The second kappa shape index (κ2) is 4.67. The van der Waals surface area contributed by atoms with Crippen molar-refractivity contribution in [1.29, 1.82) is 0 Å². The Morgan fingerprint density at radius 2 is 2.35 bits per heavy atom. The zero-order valence-corrected chi connectivity index (χ0v) is 9.69. The summed E-state index contributed by atoms with van der Waals surface area (Å²) in [6.07, 6.45) is 6.11. The van der Waals surface area contributed by atoms with Crippen molar-refractivity contribution in [3.05, 3.63) is 36.3 Å². The number of piperidine rings is 1. The SMILES string of the molecule is c1cncc(-c2cc(C3CCCNC3)[nH]n2)c1. The first-order valence-electron chi connectivity index (χ1n) is 6.10. The average molecular weight is 228 g/mol. The number of pyridine rings is 1. The lowest BCUT2D eigenvalue weighted by Gasteiger charge is -2.21. The van der Waals surface area contributed by atoms with Crippen LogP contribution >= 0.6 is 0 Å². The van der Waals surface area contributed by atoms with Gasteiger partial charge in [0.15, 0.2) is 0 Å². The Kier molecular flexibility index (Phi) is 2.88. The fraction of sp³-hybridized carbons (Fsp3) is 0.385. The molecule has 0 bridgehead atoms. The Bertz CT molecular complexity index is 471. The molecule has 1 atom stereocenters. The Balaban J connectivity index is 1.83. The molecule has 2 aromatic heterocycles. The zero-order valence-electron chi connectivity index (χ0n) is 9.69. The standard InChI is InChI=1S/C13H16N4/c1-3-10(8-14-5-1)12-7-13(17-16-12)11-4-2-6-15-9-11/h1,3,5,7-8,11,15H,2,4,6,9H2,(H,16,17). The van der Waals surface area contributed by atoms with E-state index in [1.807, 2.05) is 18.3 Å². The third-order valence-corrected chi connectivity index (χ3v) is 3.29. The molecule has 2 aromatic rings. The van der Waals surface area contributed by atoms with Crippen molar-refractivity contribution in [2.75, 3.05) is 13.1 Å². The van der Waals surface area contributed by atoms with Gasteiger partial charge in [0.05, 0.1) is 5.69 Å². The molecule has 1 aliphatic rings. The summed E-state index contributed by atoms with van der Waals surface area (Å²) in [4.78, 5) is 4.12. The minimum Gasteiger partial charge on any atom is -0.316 e. The summed E-state index contributed by atoms with van der Waals surface area (Å²) in [5.41, 5.74) is 3.29. The van der Waals surface area contributed by atoms with Crippen LogP contribution in [0.2, 0.25) is 0 Å². The number of rotatable bonds is 2. The minimum absolute atomic E-state index is 0.571. The molecule has 0 aliphatic carbocycles. The number of H-pyrrole nitrogens is 1. The highest BCUT2D eigenvalue weighted by molar-refractivity contribution is 5.57. The zero-order chi connectivity index (χ0) is 11.5. The van der Waals surface area contributed by atoms with Gasteiger partial charge in [-0.05, 0) is 37.6 Å². The maximum Gasteiger partial charge on any atom is 0.0939 e. The summed E-state index contributed by atoms with van der Waals surface area (Å²) < 4.78 is 0. The van der Waals surface area contributed by atoms with Gasteiger partial charge in [-0.2, -0.15) is 5.10 Å². The van der Waals surface area contributed by atoms with Gasteiger partial charge >= 0.3 is 0 Å². The molecule has 17 heavy (non-hydrogen) atoms. The van der Waals surface area contributed by atoms with Crippen LogP contribution in [0.25, 0.3) is 11.3 Å². The van der Waals surface area contributed by atoms with E-state index in [-0.39, 0.29) is 0 Å². The van der Waals surface area contributed by atoms with Crippen molar-refractivity contribution >= 4 is 0 Å². The maximum absolute atomic E-state index is 4.37. The second-order valence-electron chi connectivity index (χ2n) is 4.49. The number of nitrogens with zero attached hydrogens (tertiary/aromatic N) is 2. The molecule has 1 saturated heterocycles. The van der Waals surface area contributed by atoms with E-state index in [0.29, 0.717) is 5.92 Å². The lowest BCUT2D eigenvalue weighted by Crippen LogP contribution is -2.28. The van der Waals surface area contributed by atoms with Crippen LogP contribution in [0, 0.1) is 0 Å². The van der Waals surface area contributed by atoms with Gasteiger partial charge in [0.25, 0.3) is 0 Å². The van der Waals surface area contributed by atoms with E-state index >= 15 is 0 Å². The molecular weight excluding hydrogens is 212 g/mol. The second-order valence-corrected chi connectivity index (χ2v) is 4.49. The van der Waals surface area contributed by atoms with Crippen LogP contribution in [0.1, 0.15) is 24.5 Å². The molecular formula is C13H16N4. The van der Waals surface area contributed by atoms with Crippen LogP contribution in [0.3, 0.4) is 0 Å². The van der Waals surface area contributed by atoms with E-state index in [1.54, 1.807) is 6.20 Å². The van der Waals surface area contributed by atoms with Gasteiger partial charge in [0.2, 0.25) is 0 Å². The van der Waals surface area contributed by atoms with Gasteiger partial charge in [-0.15, -0.1) is 0 Å². The topological polar surface area (TPSA) is 53.6 Å². The minimum atomic E-state index is 0.571. The van der Waals surface area contributed by atoms with Crippen molar-refractivity contribution in [3.8, 4) is 11.3 Å². The molecule has 1 aliphatic heterocycles. The summed E-state index contributed by atoms with van der Waals surface area (Å²) in [5, 5.41) is 10.9. The van der Waals surface area contributed by atoms with Gasteiger partial charge in [-0.1, -0.05) is 0 Å². The van der Waals surface area contributed by atoms with Crippen LogP contribution < -0.4 is 5.32 Å². The highest BCUT2D eigenvalue weighted by atomic mass is 15.1. The van der Waals surface area contributed by atoms with Gasteiger partial charge in [0, 0.05) is 36.1 Å². The fourth-order valence-electron chi connectivity index (χ4n) is 2.33. The average Bonchev–Trinajstić information content (AvgIpc) is 2.90. The summed E-state index contributed by atoms with van der Waals surface area (Å²) >= 11 is 0. The molecule has 3 heterocycles. The van der Waals surface area contributed by atoms with Gasteiger partial charge in [0.1, 0.15) is 0 Å². The van der Waals surface area contributed by atoms with Crippen molar-refractivity contribution in [1.82, 2.24) is 20.5 Å². The van der Waals surface area contributed by atoms with Gasteiger partial charge < -0.3 is 5.32 Å². The lowest BCUT2D eigenvalue weighted by atomic mass is 9.96. The van der Waals surface area contributed by atoms with E-state index in [1.165, 1.54) is 18.5 Å². The predicted octanol–water partition coefficient (Wildman–Crippen LogP) is 1.94. The molecule has 0 radical (unpaired) electrons. The Morgan fingerprint density at radius 1 is 1.35 bits per heavy atom. The van der Waals surface area contributed by atoms with E-state index in [4.69, 9.17) is 0 Å². The van der Waals surface area contributed by atoms with Crippen LogP contribution in [-0.4, -0.2) is 28.3 Å². The molecule has 0 amide bonds. The quantitative estimate of drug-likeness (QED) is 0.826. The van der Waals surface area contributed by atoms with Gasteiger partial charge in [-0.25, -0.2) is 0 Å². The Hall–Kier alpha value is -1.68. The Morgan fingerprint density at radius 3 is 3.12 bits per heavy atom. The van der Waals surface area contributed by atoms with Crippen LogP contribution in [0.15, 0.2) is 30.6 Å². The maximum atomic E-state index is 4.37. The third kappa shape index (κ3) is 2.22. The first-order chi connectivity index (χ1) is 8.43. The summed E-state index contributed by atoms with van der Waals surface area (Å²) in [7, 11) is 0. The summed E-state index contributed by atoms with van der Waals surface area (Å²) in [6, 6.07) is 6.12. The molecule has 0 spiro atoms. The van der Waals surface area contributed by atoms with Crippen LogP contribution in [-0.2, 0) is 0 Å². The normalized spacial score (nSPS) is 20.4. The molecule has 4 heteroatoms. The van der Waals surface area contributed by atoms with E-state index < -0.39 is 0 Å². The molecule has 2 N–H and O–H groups in total. The number of nitrogens with one attached hydrogen (secondary N) is 2. The summed E-state index contributed by atoms with van der Waals surface area (Å²) in [5.74, 6) is 0.571. The Labute approximate surface area is 100 Å². The van der Waals surface area contributed by atoms with Crippen LogP contribution in [0.5, 0.6) is 0 Å². The third-order valence-electron chi connectivity index (χ3n) is 3.29. The first-order valence-corrected chi connectivity index (χ1v) is 6.10. The van der Waals surface area contributed by atoms with Crippen molar-refractivity contribution in [3.63, 3.8) is 0 Å².